The summed E-state index contributed by atoms with van der Waals surface area (Å²) in [5, 5.41) is 11.7. The molecule has 1 saturated heterocycles. The van der Waals surface area contributed by atoms with E-state index in [1.54, 1.807) is 0 Å². The smallest absolute Gasteiger partial charge is 0.343 e. The van der Waals surface area contributed by atoms with Crippen molar-refractivity contribution in [3.63, 3.8) is 0 Å². The van der Waals surface area contributed by atoms with Gasteiger partial charge in [-0.15, -0.1) is 0 Å². The van der Waals surface area contributed by atoms with E-state index in [4.69, 9.17) is 4.74 Å². The molecule has 3 atom stereocenters. The Morgan fingerprint density at radius 3 is 2.32 bits per heavy atom. The van der Waals surface area contributed by atoms with Gasteiger partial charge in [-0.05, 0) is 30.4 Å². The van der Waals surface area contributed by atoms with Gasteiger partial charge in [-0.2, -0.15) is 0 Å². The highest BCUT2D eigenvalue weighted by Gasteiger charge is 2.49. The van der Waals surface area contributed by atoms with Crippen LogP contribution in [0, 0.1) is 5.92 Å². The largest absolute Gasteiger partial charge is 0.454 e. The van der Waals surface area contributed by atoms with Gasteiger partial charge in [-0.1, -0.05) is 73.5 Å². The SMILES string of the molecule is C[N+]1(CCc2ccccc2)CCC[C@@H](OC(=O)C(O)(c2ccccc2)C2CCCC2)C1. The molecule has 4 nitrogen and oxygen atoms in total. The van der Waals surface area contributed by atoms with Crippen molar-refractivity contribution in [2.24, 2.45) is 5.92 Å². The number of carbonyl (C=O) groups excluding carboxylic acids is 1. The summed E-state index contributed by atoms with van der Waals surface area (Å²) in [4.78, 5) is 13.4. The van der Waals surface area contributed by atoms with Crippen molar-refractivity contribution in [2.45, 2.75) is 56.7 Å². The molecule has 4 heteroatoms. The summed E-state index contributed by atoms with van der Waals surface area (Å²) in [6, 6.07) is 20.0. The molecule has 0 aromatic heterocycles. The second-order valence-electron chi connectivity index (χ2n) is 9.77. The molecule has 0 radical (unpaired) electrons. The van der Waals surface area contributed by atoms with Gasteiger partial charge in [0.05, 0.1) is 20.1 Å². The first-order valence-electron chi connectivity index (χ1n) is 11.9. The molecule has 0 amide bonds. The quantitative estimate of drug-likeness (QED) is 0.529. The summed E-state index contributed by atoms with van der Waals surface area (Å²) < 4.78 is 6.97. The summed E-state index contributed by atoms with van der Waals surface area (Å²) in [5.41, 5.74) is 0.479. The van der Waals surface area contributed by atoms with E-state index >= 15 is 0 Å². The molecule has 1 aliphatic carbocycles. The Morgan fingerprint density at radius 2 is 1.65 bits per heavy atom. The minimum Gasteiger partial charge on any atom is -0.454 e. The molecular formula is C27H36NO3+. The second kappa shape index (κ2) is 9.54. The lowest BCUT2D eigenvalue weighted by Crippen LogP contribution is -2.56. The second-order valence-corrected chi connectivity index (χ2v) is 9.77. The third-order valence-electron chi connectivity index (χ3n) is 7.40. The normalized spacial score (nSPS) is 26.3. The first kappa shape index (κ1) is 22.0. The number of esters is 1. The van der Waals surface area contributed by atoms with E-state index < -0.39 is 11.6 Å². The van der Waals surface area contributed by atoms with Gasteiger partial charge in [0.25, 0.3) is 0 Å². The summed E-state index contributed by atoms with van der Waals surface area (Å²) in [7, 11) is 2.27. The summed E-state index contributed by atoms with van der Waals surface area (Å²) in [6.07, 6.45) is 6.66. The molecule has 2 aliphatic rings. The zero-order valence-electron chi connectivity index (χ0n) is 18.7. The molecule has 1 N–H and O–H groups in total. The van der Waals surface area contributed by atoms with Crippen LogP contribution in [-0.2, 0) is 21.6 Å². The number of quaternary nitrogens is 1. The Labute approximate surface area is 186 Å². The molecule has 4 rings (SSSR count). The van der Waals surface area contributed by atoms with Crippen molar-refractivity contribution in [2.75, 3.05) is 26.7 Å². The van der Waals surface area contributed by atoms with Crippen LogP contribution in [0.15, 0.2) is 60.7 Å². The van der Waals surface area contributed by atoms with E-state index in [1.807, 2.05) is 36.4 Å². The highest BCUT2D eigenvalue weighted by atomic mass is 16.6. The monoisotopic (exact) mass is 422 g/mol. The molecule has 2 aromatic carbocycles. The van der Waals surface area contributed by atoms with E-state index in [2.05, 4.69) is 31.3 Å². The number of piperidine rings is 1. The average Bonchev–Trinajstić information content (AvgIpc) is 3.34. The fourth-order valence-corrected chi connectivity index (χ4v) is 5.52. The summed E-state index contributed by atoms with van der Waals surface area (Å²) in [5.74, 6) is -0.517. The lowest BCUT2D eigenvalue weighted by atomic mass is 9.80. The first-order valence-corrected chi connectivity index (χ1v) is 11.9. The zero-order chi connectivity index (χ0) is 21.7. The van der Waals surface area contributed by atoms with Crippen LogP contribution in [0.5, 0.6) is 0 Å². The molecule has 0 spiro atoms. The number of likely N-dealkylation sites (tertiary alicyclic amines) is 1. The predicted molar refractivity (Wildman–Crippen MR) is 122 cm³/mol. The Morgan fingerprint density at radius 1 is 1.00 bits per heavy atom. The number of hydrogen-bond donors (Lipinski definition) is 1. The number of likely N-dealkylation sites (N-methyl/N-ethyl adjacent to an activating group) is 1. The molecule has 1 saturated carbocycles. The predicted octanol–water partition coefficient (Wildman–Crippen LogP) is 4.46. The molecular weight excluding hydrogens is 386 g/mol. The standard InChI is InChI=1S/C27H36NO3/c1-28(20-18-22-11-4-2-5-12-22)19-10-17-25(21-28)31-26(29)27(30,24-15-8-9-16-24)23-13-6-3-7-14-23/h2-7,11-14,24-25,30H,8-10,15-21H2,1H3/q+1/t25-,27?,28?/m1/s1. The van der Waals surface area contributed by atoms with Crippen LogP contribution in [0.1, 0.15) is 49.7 Å². The third-order valence-corrected chi connectivity index (χ3v) is 7.40. The Balaban J connectivity index is 1.44. The fraction of sp³-hybridized carbons (Fsp3) is 0.519. The van der Waals surface area contributed by atoms with E-state index in [-0.39, 0.29) is 12.0 Å². The molecule has 1 heterocycles. The number of hydrogen-bond acceptors (Lipinski definition) is 3. The van der Waals surface area contributed by atoms with E-state index in [1.165, 1.54) is 5.56 Å². The Kier molecular flexibility index (Phi) is 6.78. The van der Waals surface area contributed by atoms with E-state index in [0.717, 1.165) is 69.1 Å². The van der Waals surface area contributed by atoms with Crippen LogP contribution in [0.2, 0.25) is 0 Å². The molecule has 31 heavy (non-hydrogen) atoms. The van der Waals surface area contributed by atoms with Crippen LogP contribution in [-0.4, -0.2) is 48.3 Å². The maximum Gasteiger partial charge on any atom is 0.343 e. The maximum atomic E-state index is 13.4. The molecule has 1 aliphatic heterocycles. The van der Waals surface area contributed by atoms with Gasteiger partial charge >= 0.3 is 5.97 Å². The summed E-state index contributed by atoms with van der Waals surface area (Å²) in [6.45, 7) is 2.95. The van der Waals surface area contributed by atoms with Gasteiger partial charge in [0.15, 0.2) is 11.7 Å². The van der Waals surface area contributed by atoms with Crippen LogP contribution in [0.25, 0.3) is 0 Å². The lowest BCUT2D eigenvalue weighted by molar-refractivity contribution is -0.916. The maximum absolute atomic E-state index is 13.4. The van der Waals surface area contributed by atoms with Crippen LogP contribution in [0.4, 0.5) is 0 Å². The topological polar surface area (TPSA) is 46.5 Å². The van der Waals surface area contributed by atoms with Crippen LogP contribution < -0.4 is 0 Å². The number of benzene rings is 2. The zero-order valence-corrected chi connectivity index (χ0v) is 18.7. The summed E-state index contributed by atoms with van der Waals surface area (Å²) >= 11 is 0. The van der Waals surface area contributed by atoms with Crippen LogP contribution in [0.3, 0.4) is 0 Å². The highest BCUT2D eigenvalue weighted by molar-refractivity contribution is 5.81. The Hall–Kier alpha value is -2.17. The molecule has 2 unspecified atom stereocenters. The van der Waals surface area contributed by atoms with Gasteiger partial charge in [0, 0.05) is 18.8 Å². The minimum atomic E-state index is -1.54. The number of ether oxygens (including phenoxy) is 1. The van der Waals surface area contributed by atoms with Gasteiger partial charge in [-0.3, -0.25) is 0 Å². The molecule has 2 aromatic rings. The third kappa shape index (κ3) is 5.02. The van der Waals surface area contributed by atoms with Crippen molar-refractivity contribution in [1.82, 2.24) is 0 Å². The van der Waals surface area contributed by atoms with Crippen LogP contribution >= 0.6 is 0 Å². The number of nitrogens with zero attached hydrogens (tertiary/aromatic N) is 1. The van der Waals surface area contributed by atoms with E-state index in [9.17, 15) is 9.90 Å². The average molecular weight is 423 g/mol. The van der Waals surface area contributed by atoms with Gasteiger partial charge < -0.3 is 14.3 Å². The number of rotatable bonds is 7. The highest BCUT2D eigenvalue weighted by Crippen LogP contribution is 2.42. The Bertz CT molecular complexity index is 849. The molecule has 2 fully saturated rings. The van der Waals surface area contributed by atoms with Crippen molar-refractivity contribution >= 4 is 5.97 Å². The van der Waals surface area contributed by atoms with Gasteiger partial charge in [0.1, 0.15) is 6.54 Å². The lowest BCUT2D eigenvalue weighted by Gasteiger charge is -2.42. The molecule has 0 bridgehead atoms. The van der Waals surface area contributed by atoms with Crippen molar-refractivity contribution in [1.29, 1.82) is 0 Å². The van der Waals surface area contributed by atoms with Crippen molar-refractivity contribution < 1.29 is 19.1 Å². The fourth-order valence-electron chi connectivity index (χ4n) is 5.52. The molecule has 166 valence electrons. The van der Waals surface area contributed by atoms with Gasteiger partial charge in [0.2, 0.25) is 0 Å². The van der Waals surface area contributed by atoms with Crippen molar-refractivity contribution in [3.05, 3.63) is 71.8 Å². The van der Waals surface area contributed by atoms with E-state index in [0.29, 0.717) is 5.56 Å². The minimum absolute atomic E-state index is 0.0649. The first-order chi connectivity index (χ1) is 15.0. The number of carbonyl (C=O) groups is 1. The van der Waals surface area contributed by atoms with Gasteiger partial charge in [-0.25, -0.2) is 4.79 Å². The number of aliphatic hydroxyl groups is 1. The van der Waals surface area contributed by atoms with Crippen molar-refractivity contribution in [3.8, 4) is 0 Å².